The fourth-order valence-electron chi connectivity index (χ4n) is 1.64. The third-order valence-corrected chi connectivity index (χ3v) is 2.95. The summed E-state index contributed by atoms with van der Waals surface area (Å²) < 4.78 is 20.3. The molecule has 2 rings (SSSR count). The standard InChI is InChI=1S/C14H13BrFNO/c1-17-9-12-13(16)6-3-7-14(12)18-11-5-2-4-10(15)8-11/h2-8,17H,9H2,1H3. The third-order valence-electron chi connectivity index (χ3n) is 2.45. The average molecular weight is 310 g/mol. The highest BCUT2D eigenvalue weighted by molar-refractivity contribution is 9.10. The van der Waals surface area contributed by atoms with E-state index in [9.17, 15) is 4.39 Å². The van der Waals surface area contributed by atoms with Gasteiger partial charge in [-0.2, -0.15) is 0 Å². The van der Waals surface area contributed by atoms with Gasteiger partial charge in [-0.3, -0.25) is 0 Å². The first kappa shape index (κ1) is 13.1. The Morgan fingerprint density at radius 1 is 1.22 bits per heavy atom. The van der Waals surface area contributed by atoms with Gasteiger partial charge in [0.1, 0.15) is 17.3 Å². The van der Waals surface area contributed by atoms with E-state index in [1.54, 1.807) is 19.2 Å². The molecular formula is C14H13BrFNO. The molecule has 0 saturated carbocycles. The van der Waals surface area contributed by atoms with Crippen LogP contribution in [-0.2, 0) is 6.54 Å². The molecule has 0 atom stereocenters. The van der Waals surface area contributed by atoms with Crippen molar-refractivity contribution in [1.29, 1.82) is 0 Å². The zero-order valence-electron chi connectivity index (χ0n) is 9.91. The van der Waals surface area contributed by atoms with Crippen molar-refractivity contribution in [3.05, 3.63) is 58.3 Å². The number of hydrogen-bond donors (Lipinski definition) is 1. The summed E-state index contributed by atoms with van der Waals surface area (Å²) in [7, 11) is 1.77. The molecule has 0 spiro atoms. The highest BCUT2D eigenvalue weighted by Crippen LogP contribution is 2.28. The van der Waals surface area contributed by atoms with Gasteiger partial charge in [-0.1, -0.05) is 28.1 Å². The molecule has 1 N–H and O–H groups in total. The van der Waals surface area contributed by atoms with E-state index >= 15 is 0 Å². The monoisotopic (exact) mass is 309 g/mol. The lowest BCUT2D eigenvalue weighted by Gasteiger charge is -2.11. The average Bonchev–Trinajstić information content (AvgIpc) is 2.34. The molecule has 94 valence electrons. The van der Waals surface area contributed by atoms with E-state index in [2.05, 4.69) is 21.2 Å². The molecule has 2 aromatic carbocycles. The van der Waals surface area contributed by atoms with E-state index in [-0.39, 0.29) is 5.82 Å². The zero-order valence-corrected chi connectivity index (χ0v) is 11.5. The number of ether oxygens (including phenoxy) is 1. The van der Waals surface area contributed by atoms with Gasteiger partial charge in [-0.05, 0) is 37.4 Å². The Bertz CT molecular complexity index is 545. The molecule has 0 aliphatic rings. The predicted octanol–water partition coefficient (Wildman–Crippen LogP) is 4.10. The molecule has 0 amide bonds. The fraction of sp³-hybridized carbons (Fsp3) is 0.143. The molecule has 2 nitrogen and oxygen atoms in total. The van der Waals surface area contributed by atoms with Crippen LogP contribution in [0.25, 0.3) is 0 Å². The first-order chi connectivity index (χ1) is 8.70. The normalized spacial score (nSPS) is 10.4. The summed E-state index contributed by atoms with van der Waals surface area (Å²) in [6.07, 6.45) is 0. The van der Waals surface area contributed by atoms with E-state index < -0.39 is 0 Å². The Morgan fingerprint density at radius 2 is 2.00 bits per heavy atom. The summed E-state index contributed by atoms with van der Waals surface area (Å²) in [5.41, 5.74) is 0.528. The molecule has 0 aliphatic heterocycles. The topological polar surface area (TPSA) is 21.3 Å². The summed E-state index contributed by atoms with van der Waals surface area (Å²) in [4.78, 5) is 0. The number of nitrogens with one attached hydrogen (secondary N) is 1. The zero-order chi connectivity index (χ0) is 13.0. The summed E-state index contributed by atoms with van der Waals surface area (Å²) in [5, 5.41) is 2.93. The summed E-state index contributed by atoms with van der Waals surface area (Å²) in [5.74, 6) is 0.937. The highest BCUT2D eigenvalue weighted by Gasteiger charge is 2.09. The Kier molecular flexibility index (Phi) is 4.33. The Hall–Kier alpha value is -1.39. The van der Waals surface area contributed by atoms with Crippen LogP contribution in [0.15, 0.2) is 46.9 Å². The van der Waals surface area contributed by atoms with Crippen LogP contribution in [-0.4, -0.2) is 7.05 Å². The van der Waals surface area contributed by atoms with E-state index in [0.29, 0.717) is 23.6 Å². The summed E-state index contributed by atoms with van der Waals surface area (Å²) >= 11 is 3.37. The quantitative estimate of drug-likeness (QED) is 0.918. The van der Waals surface area contributed by atoms with Crippen molar-refractivity contribution in [3.8, 4) is 11.5 Å². The van der Waals surface area contributed by atoms with E-state index in [1.165, 1.54) is 6.07 Å². The number of hydrogen-bond acceptors (Lipinski definition) is 2. The Labute approximate surface area is 114 Å². The molecule has 0 radical (unpaired) electrons. The van der Waals surface area contributed by atoms with Crippen LogP contribution in [0.4, 0.5) is 4.39 Å². The second kappa shape index (κ2) is 5.98. The molecule has 0 unspecified atom stereocenters. The van der Waals surface area contributed by atoms with Crippen LogP contribution < -0.4 is 10.1 Å². The maximum atomic E-state index is 13.7. The highest BCUT2D eigenvalue weighted by atomic mass is 79.9. The van der Waals surface area contributed by atoms with Crippen LogP contribution in [0.1, 0.15) is 5.56 Å². The molecule has 0 fully saturated rings. The van der Waals surface area contributed by atoms with Gasteiger partial charge in [-0.25, -0.2) is 4.39 Å². The predicted molar refractivity (Wildman–Crippen MR) is 73.4 cm³/mol. The number of benzene rings is 2. The molecule has 2 aromatic rings. The minimum Gasteiger partial charge on any atom is -0.457 e. The fourth-order valence-corrected chi connectivity index (χ4v) is 2.02. The maximum Gasteiger partial charge on any atom is 0.134 e. The van der Waals surface area contributed by atoms with Gasteiger partial charge in [0.15, 0.2) is 0 Å². The van der Waals surface area contributed by atoms with Crippen LogP contribution in [0, 0.1) is 5.82 Å². The Morgan fingerprint density at radius 3 is 2.72 bits per heavy atom. The van der Waals surface area contributed by atoms with Crippen molar-refractivity contribution in [1.82, 2.24) is 5.32 Å². The molecule has 0 saturated heterocycles. The molecule has 0 aliphatic carbocycles. The molecular weight excluding hydrogens is 297 g/mol. The molecule has 0 heterocycles. The SMILES string of the molecule is CNCc1c(F)cccc1Oc1cccc(Br)c1. The smallest absolute Gasteiger partial charge is 0.134 e. The van der Waals surface area contributed by atoms with Gasteiger partial charge in [0, 0.05) is 16.6 Å². The minimum absolute atomic E-state index is 0.267. The Balaban J connectivity index is 2.31. The molecule has 18 heavy (non-hydrogen) atoms. The summed E-state index contributed by atoms with van der Waals surface area (Å²) in [6, 6.07) is 12.3. The van der Waals surface area contributed by atoms with Crippen molar-refractivity contribution in [3.63, 3.8) is 0 Å². The lowest BCUT2D eigenvalue weighted by Crippen LogP contribution is -2.08. The molecule has 4 heteroatoms. The second-order valence-electron chi connectivity index (χ2n) is 3.81. The van der Waals surface area contributed by atoms with Gasteiger partial charge in [-0.15, -0.1) is 0 Å². The number of rotatable bonds is 4. The van der Waals surface area contributed by atoms with Crippen molar-refractivity contribution >= 4 is 15.9 Å². The van der Waals surface area contributed by atoms with Gasteiger partial charge < -0.3 is 10.1 Å². The molecule has 0 bridgehead atoms. The van der Waals surface area contributed by atoms with Crippen molar-refractivity contribution < 1.29 is 9.13 Å². The van der Waals surface area contributed by atoms with Crippen LogP contribution in [0.5, 0.6) is 11.5 Å². The first-order valence-electron chi connectivity index (χ1n) is 5.56. The van der Waals surface area contributed by atoms with Crippen LogP contribution in [0.2, 0.25) is 0 Å². The van der Waals surface area contributed by atoms with Gasteiger partial charge in [0.05, 0.1) is 0 Å². The largest absolute Gasteiger partial charge is 0.457 e. The van der Waals surface area contributed by atoms with Crippen LogP contribution >= 0.6 is 15.9 Å². The number of halogens is 2. The second-order valence-corrected chi connectivity index (χ2v) is 4.72. The van der Waals surface area contributed by atoms with Crippen molar-refractivity contribution in [2.45, 2.75) is 6.54 Å². The maximum absolute atomic E-state index is 13.7. The first-order valence-corrected chi connectivity index (χ1v) is 6.35. The van der Waals surface area contributed by atoms with Gasteiger partial charge in [0.25, 0.3) is 0 Å². The lowest BCUT2D eigenvalue weighted by atomic mass is 10.2. The minimum atomic E-state index is -0.267. The third kappa shape index (κ3) is 3.09. The molecule has 0 aromatic heterocycles. The van der Waals surface area contributed by atoms with E-state index in [1.807, 2.05) is 24.3 Å². The summed E-state index contributed by atoms with van der Waals surface area (Å²) in [6.45, 7) is 0.427. The van der Waals surface area contributed by atoms with E-state index in [0.717, 1.165) is 4.47 Å². The van der Waals surface area contributed by atoms with Crippen molar-refractivity contribution in [2.24, 2.45) is 0 Å². The van der Waals surface area contributed by atoms with Gasteiger partial charge in [0.2, 0.25) is 0 Å². The van der Waals surface area contributed by atoms with Gasteiger partial charge >= 0.3 is 0 Å². The van der Waals surface area contributed by atoms with Crippen LogP contribution in [0.3, 0.4) is 0 Å². The lowest BCUT2D eigenvalue weighted by molar-refractivity contribution is 0.464. The van der Waals surface area contributed by atoms with Crippen molar-refractivity contribution in [2.75, 3.05) is 7.05 Å². The van der Waals surface area contributed by atoms with E-state index in [4.69, 9.17) is 4.74 Å².